The lowest BCUT2D eigenvalue weighted by Crippen LogP contribution is -2.36. The molecular formula is C18H18N2O6S. The fourth-order valence-corrected chi connectivity index (χ4v) is 2.95. The molecule has 0 aliphatic rings. The van der Waals surface area contributed by atoms with Gasteiger partial charge in [-0.25, -0.2) is 8.42 Å². The molecule has 27 heavy (non-hydrogen) atoms. The van der Waals surface area contributed by atoms with Gasteiger partial charge in [0.25, 0.3) is 11.8 Å². The number of esters is 1. The molecule has 2 rings (SSSR count). The smallest absolute Gasteiger partial charge is 0.321 e. The van der Waals surface area contributed by atoms with E-state index in [4.69, 9.17) is 0 Å². The van der Waals surface area contributed by atoms with Crippen LogP contribution in [0.2, 0.25) is 0 Å². The Bertz CT molecular complexity index is 924. The van der Waals surface area contributed by atoms with Crippen LogP contribution in [0.15, 0.2) is 59.5 Å². The van der Waals surface area contributed by atoms with E-state index in [9.17, 15) is 22.8 Å². The topological polar surface area (TPSA) is 119 Å². The number of rotatable bonds is 7. The van der Waals surface area contributed by atoms with Gasteiger partial charge in [-0.1, -0.05) is 35.9 Å². The van der Waals surface area contributed by atoms with Gasteiger partial charge < -0.3 is 4.74 Å². The molecule has 2 amide bonds. The summed E-state index contributed by atoms with van der Waals surface area (Å²) in [6, 6.07) is 14.1. The predicted octanol–water partition coefficient (Wildman–Crippen LogP) is 0.773. The molecule has 0 saturated carbocycles. The van der Waals surface area contributed by atoms with E-state index in [1.807, 2.05) is 6.92 Å². The van der Waals surface area contributed by atoms with E-state index in [-0.39, 0.29) is 10.5 Å². The van der Waals surface area contributed by atoms with Gasteiger partial charge in [-0.3, -0.25) is 19.7 Å². The molecule has 0 bridgehead atoms. The van der Waals surface area contributed by atoms with E-state index in [1.165, 1.54) is 24.3 Å². The molecule has 9 heteroatoms. The first-order valence-electron chi connectivity index (χ1n) is 7.89. The molecule has 0 saturated heterocycles. The molecular weight excluding hydrogens is 372 g/mol. The third-order valence-corrected chi connectivity index (χ3v) is 4.81. The summed E-state index contributed by atoms with van der Waals surface area (Å²) >= 11 is 0. The Morgan fingerprint density at radius 2 is 1.59 bits per heavy atom. The van der Waals surface area contributed by atoms with Crippen LogP contribution in [0.5, 0.6) is 0 Å². The second kappa shape index (κ2) is 9.06. The minimum Gasteiger partial charge on any atom is -0.455 e. The summed E-state index contributed by atoms with van der Waals surface area (Å²) in [7, 11) is -3.87. The van der Waals surface area contributed by atoms with Crippen molar-refractivity contribution < 1.29 is 27.5 Å². The summed E-state index contributed by atoms with van der Waals surface area (Å²) < 4.78 is 30.8. The van der Waals surface area contributed by atoms with Crippen LogP contribution < -0.4 is 10.0 Å². The lowest BCUT2D eigenvalue weighted by Gasteiger charge is -2.08. The van der Waals surface area contributed by atoms with Crippen LogP contribution >= 0.6 is 0 Å². The third kappa shape index (κ3) is 6.32. The molecule has 2 aromatic rings. The monoisotopic (exact) mass is 390 g/mol. The Kier molecular flexibility index (Phi) is 6.80. The first-order valence-corrected chi connectivity index (χ1v) is 9.37. The van der Waals surface area contributed by atoms with E-state index in [0.29, 0.717) is 0 Å². The van der Waals surface area contributed by atoms with Crippen molar-refractivity contribution in [3.05, 3.63) is 65.7 Å². The van der Waals surface area contributed by atoms with E-state index in [1.54, 1.807) is 30.3 Å². The Morgan fingerprint density at radius 3 is 2.22 bits per heavy atom. The maximum Gasteiger partial charge on any atom is 0.321 e. The second-order valence-electron chi connectivity index (χ2n) is 5.54. The van der Waals surface area contributed by atoms with Crippen molar-refractivity contribution in [1.29, 1.82) is 0 Å². The van der Waals surface area contributed by atoms with Crippen LogP contribution in [0.3, 0.4) is 0 Å². The zero-order valence-corrected chi connectivity index (χ0v) is 15.3. The highest BCUT2D eigenvalue weighted by molar-refractivity contribution is 7.89. The summed E-state index contributed by atoms with van der Waals surface area (Å²) in [5, 5.41) is 2.06. The fourth-order valence-electron chi connectivity index (χ4n) is 1.98. The van der Waals surface area contributed by atoms with Crippen LogP contribution in [0, 0.1) is 6.92 Å². The Labute approximate surface area is 156 Å². The van der Waals surface area contributed by atoms with Gasteiger partial charge >= 0.3 is 5.97 Å². The highest BCUT2D eigenvalue weighted by atomic mass is 32.2. The van der Waals surface area contributed by atoms with Crippen molar-refractivity contribution in [3.63, 3.8) is 0 Å². The molecule has 0 unspecified atom stereocenters. The van der Waals surface area contributed by atoms with Crippen LogP contribution in [0.25, 0.3) is 0 Å². The Balaban J connectivity index is 1.78. The number of hydrogen-bond donors (Lipinski definition) is 2. The number of imide groups is 1. The number of carbonyl (C=O) groups is 3. The standard InChI is InChI=1S/C18H18N2O6S/c1-13-7-9-15(10-8-13)27(24,25)19-11-17(22)26-12-16(21)20-18(23)14-5-3-2-4-6-14/h2-10,19H,11-12H2,1H3,(H,20,21,23). The van der Waals surface area contributed by atoms with Gasteiger partial charge in [-0.05, 0) is 31.2 Å². The lowest BCUT2D eigenvalue weighted by molar-refractivity contribution is -0.147. The van der Waals surface area contributed by atoms with Crippen molar-refractivity contribution in [1.82, 2.24) is 10.0 Å². The first-order chi connectivity index (χ1) is 12.8. The quantitative estimate of drug-likeness (QED) is 0.674. The largest absolute Gasteiger partial charge is 0.455 e. The number of amides is 2. The number of ether oxygens (including phenoxy) is 1. The summed E-state index contributed by atoms with van der Waals surface area (Å²) in [4.78, 5) is 35.0. The fraction of sp³-hybridized carbons (Fsp3) is 0.167. The number of sulfonamides is 1. The van der Waals surface area contributed by atoms with Gasteiger partial charge in [0, 0.05) is 5.56 Å². The highest BCUT2D eigenvalue weighted by Gasteiger charge is 2.17. The average Bonchev–Trinajstić information content (AvgIpc) is 2.66. The van der Waals surface area contributed by atoms with Crippen LogP contribution in [0.4, 0.5) is 0 Å². The first kappa shape index (κ1) is 20.3. The zero-order valence-electron chi connectivity index (χ0n) is 14.5. The number of benzene rings is 2. The van der Waals surface area contributed by atoms with E-state index >= 15 is 0 Å². The van der Waals surface area contributed by atoms with Gasteiger partial charge in [0.2, 0.25) is 10.0 Å². The second-order valence-corrected chi connectivity index (χ2v) is 7.31. The van der Waals surface area contributed by atoms with Gasteiger partial charge in [0.15, 0.2) is 6.61 Å². The average molecular weight is 390 g/mol. The van der Waals surface area contributed by atoms with Crippen molar-refractivity contribution in [2.75, 3.05) is 13.2 Å². The highest BCUT2D eigenvalue weighted by Crippen LogP contribution is 2.09. The summed E-state index contributed by atoms with van der Waals surface area (Å²) in [5.41, 5.74) is 1.17. The van der Waals surface area contributed by atoms with Crippen molar-refractivity contribution in [3.8, 4) is 0 Å². The molecule has 0 atom stereocenters. The minimum absolute atomic E-state index is 0.00657. The normalized spacial score (nSPS) is 10.9. The van der Waals surface area contributed by atoms with Crippen LogP contribution in [-0.4, -0.2) is 39.4 Å². The molecule has 0 aliphatic carbocycles. The number of nitrogens with one attached hydrogen (secondary N) is 2. The minimum atomic E-state index is -3.87. The molecule has 2 N–H and O–H groups in total. The molecule has 2 aromatic carbocycles. The van der Waals surface area contributed by atoms with Gasteiger partial charge in [0.05, 0.1) is 4.90 Å². The molecule has 0 spiro atoms. The predicted molar refractivity (Wildman–Crippen MR) is 96.2 cm³/mol. The lowest BCUT2D eigenvalue weighted by atomic mass is 10.2. The summed E-state index contributed by atoms with van der Waals surface area (Å²) in [6.45, 7) is 0.467. The number of carbonyl (C=O) groups excluding carboxylic acids is 3. The maximum atomic E-state index is 12.0. The maximum absolute atomic E-state index is 12.0. The van der Waals surface area contributed by atoms with E-state index in [0.717, 1.165) is 5.56 Å². The SMILES string of the molecule is Cc1ccc(S(=O)(=O)NCC(=O)OCC(=O)NC(=O)c2ccccc2)cc1. The van der Waals surface area contributed by atoms with Crippen LogP contribution in [-0.2, 0) is 24.3 Å². The third-order valence-electron chi connectivity index (χ3n) is 3.39. The van der Waals surface area contributed by atoms with Crippen molar-refractivity contribution >= 4 is 27.8 Å². The van der Waals surface area contributed by atoms with Gasteiger partial charge in [-0.2, -0.15) is 4.72 Å². The van der Waals surface area contributed by atoms with Crippen molar-refractivity contribution in [2.24, 2.45) is 0 Å². The number of hydrogen-bond acceptors (Lipinski definition) is 6. The van der Waals surface area contributed by atoms with Gasteiger partial charge in [-0.15, -0.1) is 0 Å². The molecule has 0 radical (unpaired) electrons. The van der Waals surface area contributed by atoms with Crippen LogP contribution in [0.1, 0.15) is 15.9 Å². The molecule has 0 heterocycles. The zero-order chi connectivity index (χ0) is 19.9. The summed E-state index contributed by atoms with van der Waals surface area (Å²) in [6.07, 6.45) is 0. The molecule has 8 nitrogen and oxygen atoms in total. The van der Waals surface area contributed by atoms with E-state index in [2.05, 4.69) is 14.8 Å². The van der Waals surface area contributed by atoms with E-state index < -0.39 is 41.0 Å². The number of aryl methyl sites for hydroxylation is 1. The molecule has 0 fully saturated rings. The molecule has 142 valence electrons. The Morgan fingerprint density at radius 1 is 0.963 bits per heavy atom. The Hall–Kier alpha value is -3.04. The van der Waals surface area contributed by atoms with Crippen molar-refractivity contribution in [2.45, 2.75) is 11.8 Å². The molecule has 0 aliphatic heterocycles. The van der Waals surface area contributed by atoms with Gasteiger partial charge in [0.1, 0.15) is 6.54 Å². The molecule has 0 aromatic heterocycles. The summed E-state index contributed by atoms with van der Waals surface area (Å²) in [5.74, 6) is -2.40.